The monoisotopic (exact) mass is 418 g/mol. The van der Waals surface area contributed by atoms with Gasteiger partial charge < -0.3 is 4.18 Å². The molecular weight excluding hydrogens is 412 g/mol. The molecule has 0 unspecified atom stereocenters. The highest BCUT2D eigenvalue weighted by Gasteiger charge is 2.20. The molecule has 0 spiro atoms. The lowest BCUT2D eigenvalue weighted by Crippen LogP contribution is -2.10. The number of carbonyl (C=O) groups is 1. The third kappa shape index (κ3) is 3.28. The molecule has 0 aliphatic rings. The maximum atomic E-state index is 12.1. The van der Waals surface area contributed by atoms with Crippen molar-refractivity contribution in [3.05, 3.63) is 57.0 Å². The third-order valence-corrected chi connectivity index (χ3v) is 4.80. The van der Waals surface area contributed by atoms with Gasteiger partial charge in [0.05, 0.1) is 8.95 Å². The summed E-state index contributed by atoms with van der Waals surface area (Å²) < 4.78 is 30.1. The maximum absolute atomic E-state index is 12.1. The van der Waals surface area contributed by atoms with Crippen molar-refractivity contribution in [2.45, 2.75) is 4.90 Å². The van der Waals surface area contributed by atoms with E-state index in [2.05, 4.69) is 31.9 Å². The number of rotatable bonds is 4. The van der Waals surface area contributed by atoms with E-state index >= 15 is 0 Å². The zero-order chi connectivity index (χ0) is 14.8. The van der Waals surface area contributed by atoms with Crippen molar-refractivity contribution in [1.82, 2.24) is 0 Å². The van der Waals surface area contributed by atoms with Crippen molar-refractivity contribution in [1.29, 1.82) is 0 Å². The summed E-state index contributed by atoms with van der Waals surface area (Å²) >= 11 is 6.37. The molecule has 0 aliphatic carbocycles. The van der Waals surface area contributed by atoms with E-state index in [1.807, 2.05) is 0 Å². The van der Waals surface area contributed by atoms with Crippen molar-refractivity contribution in [2.75, 3.05) is 0 Å². The highest BCUT2D eigenvalue weighted by atomic mass is 79.9. The van der Waals surface area contributed by atoms with E-state index in [4.69, 9.17) is 4.18 Å². The lowest BCUT2D eigenvalue weighted by Gasteiger charge is -2.11. The number of hydrogen-bond acceptors (Lipinski definition) is 4. The minimum absolute atomic E-state index is 0.0539. The largest absolute Gasteiger partial charge is 0.377 e. The second-order valence-electron chi connectivity index (χ2n) is 3.78. The van der Waals surface area contributed by atoms with Crippen LogP contribution in [0.15, 0.2) is 56.3 Å². The van der Waals surface area contributed by atoms with Crippen molar-refractivity contribution in [3.63, 3.8) is 0 Å². The van der Waals surface area contributed by atoms with Crippen LogP contribution in [0.4, 0.5) is 0 Å². The fourth-order valence-electron chi connectivity index (χ4n) is 1.47. The molecule has 0 radical (unpaired) electrons. The van der Waals surface area contributed by atoms with Gasteiger partial charge >= 0.3 is 10.1 Å². The van der Waals surface area contributed by atoms with Crippen LogP contribution >= 0.6 is 31.9 Å². The molecule has 7 heteroatoms. The molecule has 0 amide bonds. The van der Waals surface area contributed by atoms with Crippen LogP contribution in [0.2, 0.25) is 0 Å². The number of halogens is 2. The normalized spacial score (nSPS) is 11.1. The molecule has 4 nitrogen and oxygen atoms in total. The van der Waals surface area contributed by atoms with Gasteiger partial charge in [0.15, 0.2) is 5.75 Å². The zero-order valence-electron chi connectivity index (χ0n) is 9.92. The quantitative estimate of drug-likeness (QED) is 0.558. The highest BCUT2D eigenvalue weighted by Crippen LogP contribution is 2.36. The van der Waals surface area contributed by atoms with E-state index in [9.17, 15) is 13.2 Å². The maximum Gasteiger partial charge on any atom is 0.339 e. The van der Waals surface area contributed by atoms with Gasteiger partial charge in [-0.15, -0.1) is 0 Å². The predicted octanol–water partition coefficient (Wildman–Crippen LogP) is 3.79. The molecule has 0 N–H and O–H groups in total. The van der Waals surface area contributed by atoms with Crippen molar-refractivity contribution in [2.24, 2.45) is 0 Å². The lowest BCUT2D eigenvalue weighted by atomic mass is 10.2. The Morgan fingerprint density at radius 3 is 2.05 bits per heavy atom. The highest BCUT2D eigenvalue weighted by molar-refractivity contribution is 9.11. The summed E-state index contributed by atoms with van der Waals surface area (Å²) in [6, 6.07) is 10.8. The van der Waals surface area contributed by atoms with E-state index in [-0.39, 0.29) is 10.6 Å². The summed E-state index contributed by atoms with van der Waals surface area (Å²) in [4.78, 5) is 10.8. The number of carbonyl (C=O) groups excluding carboxylic acids is 1. The Morgan fingerprint density at radius 1 is 1.00 bits per heavy atom. The molecular formula is C13H8Br2O4S. The minimum atomic E-state index is -3.93. The molecule has 0 aliphatic heterocycles. The van der Waals surface area contributed by atoms with Crippen molar-refractivity contribution in [3.8, 4) is 5.75 Å². The Kier molecular flexibility index (Phi) is 4.62. The molecule has 0 bridgehead atoms. The zero-order valence-corrected chi connectivity index (χ0v) is 13.9. The number of aldehydes is 1. The van der Waals surface area contributed by atoms with Crippen LogP contribution in [0.1, 0.15) is 10.4 Å². The molecule has 2 aromatic rings. The molecule has 0 saturated heterocycles. The van der Waals surface area contributed by atoms with E-state index in [1.54, 1.807) is 18.2 Å². The molecule has 0 heterocycles. The van der Waals surface area contributed by atoms with Gasteiger partial charge in [-0.25, -0.2) is 0 Å². The number of benzene rings is 2. The van der Waals surface area contributed by atoms with E-state index in [0.717, 1.165) is 0 Å². The predicted molar refractivity (Wildman–Crippen MR) is 81.5 cm³/mol. The smallest absolute Gasteiger partial charge is 0.339 e. The van der Waals surface area contributed by atoms with Gasteiger partial charge in [0.2, 0.25) is 0 Å². The van der Waals surface area contributed by atoms with E-state index in [0.29, 0.717) is 20.8 Å². The van der Waals surface area contributed by atoms with Gasteiger partial charge in [-0.05, 0) is 56.1 Å². The van der Waals surface area contributed by atoms with Gasteiger partial charge in [0.25, 0.3) is 0 Å². The van der Waals surface area contributed by atoms with Crippen LogP contribution in [0.3, 0.4) is 0 Å². The van der Waals surface area contributed by atoms with E-state index < -0.39 is 10.1 Å². The SMILES string of the molecule is O=Cc1cc(Br)c(OS(=O)(=O)c2ccccc2)c(Br)c1. The molecule has 104 valence electrons. The third-order valence-electron chi connectivity index (χ3n) is 2.38. The van der Waals surface area contributed by atoms with Crippen LogP contribution in [-0.2, 0) is 10.1 Å². The van der Waals surface area contributed by atoms with Crippen molar-refractivity contribution >= 4 is 48.3 Å². The molecule has 0 atom stereocenters. The Morgan fingerprint density at radius 2 is 1.55 bits per heavy atom. The summed E-state index contributed by atoms with van der Waals surface area (Å²) in [5.41, 5.74) is 0.396. The van der Waals surface area contributed by atoms with Crippen LogP contribution in [0.5, 0.6) is 5.75 Å². The first-order valence-electron chi connectivity index (χ1n) is 5.38. The summed E-state index contributed by atoms with van der Waals surface area (Å²) in [5.74, 6) is 0.0967. The molecule has 0 fully saturated rings. The van der Waals surface area contributed by atoms with Crippen LogP contribution in [0.25, 0.3) is 0 Å². The first-order valence-corrected chi connectivity index (χ1v) is 8.37. The molecule has 0 saturated carbocycles. The average molecular weight is 420 g/mol. The second-order valence-corrected chi connectivity index (χ2v) is 7.04. The molecule has 20 heavy (non-hydrogen) atoms. The van der Waals surface area contributed by atoms with Crippen molar-refractivity contribution < 1.29 is 17.4 Å². The van der Waals surface area contributed by atoms with Gasteiger partial charge in [-0.3, -0.25) is 4.79 Å². The Balaban J connectivity index is 2.43. The van der Waals surface area contributed by atoms with Crippen LogP contribution in [-0.4, -0.2) is 14.7 Å². The first kappa shape index (κ1) is 15.2. The summed E-state index contributed by atoms with van der Waals surface area (Å²) in [6.07, 6.45) is 0.658. The Bertz CT molecular complexity index is 719. The summed E-state index contributed by atoms with van der Waals surface area (Å²) in [7, 11) is -3.93. The second kappa shape index (κ2) is 6.07. The van der Waals surface area contributed by atoms with Gasteiger partial charge in [-0.2, -0.15) is 8.42 Å². The fraction of sp³-hybridized carbons (Fsp3) is 0. The minimum Gasteiger partial charge on any atom is -0.377 e. The van der Waals surface area contributed by atoms with Gasteiger partial charge in [0.1, 0.15) is 11.2 Å². The lowest BCUT2D eigenvalue weighted by molar-refractivity contribution is 0.112. The average Bonchev–Trinajstić information content (AvgIpc) is 2.43. The number of hydrogen-bond donors (Lipinski definition) is 0. The molecule has 2 aromatic carbocycles. The van der Waals surface area contributed by atoms with E-state index in [1.165, 1.54) is 24.3 Å². The molecule has 0 aromatic heterocycles. The van der Waals surface area contributed by atoms with Gasteiger partial charge in [-0.1, -0.05) is 18.2 Å². The first-order chi connectivity index (χ1) is 9.44. The summed E-state index contributed by atoms with van der Waals surface area (Å²) in [6.45, 7) is 0. The van der Waals surface area contributed by atoms with Crippen LogP contribution in [0, 0.1) is 0 Å². The Hall–Kier alpha value is -1.18. The topological polar surface area (TPSA) is 60.4 Å². The fourth-order valence-corrected chi connectivity index (χ4v) is 4.06. The summed E-state index contributed by atoms with van der Waals surface area (Å²) in [5, 5.41) is 0. The Labute approximate surface area is 133 Å². The molecule has 2 rings (SSSR count). The standard InChI is InChI=1S/C13H8Br2O4S/c14-11-6-9(8-16)7-12(15)13(11)19-20(17,18)10-4-2-1-3-5-10/h1-8H. The van der Waals surface area contributed by atoms with Crippen LogP contribution < -0.4 is 4.18 Å². The van der Waals surface area contributed by atoms with Gasteiger partial charge in [0, 0.05) is 5.56 Å².